The van der Waals surface area contributed by atoms with E-state index in [1.54, 1.807) is 6.20 Å². The van der Waals surface area contributed by atoms with Gasteiger partial charge in [-0.3, -0.25) is 19.0 Å². The largest absolute Gasteiger partial charge is 0.382 e. The quantitative estimate of drug-likeness (QED) is 0.330. The highest BCUT2D eigenvalue weighted by atomic mass is 16.2. The van der Waals surface area contributed by atoms with Crippen molar-refractivity contribution in [3.8, 4) is 11.3 Å². The number of rotatable bonds is 7. The Bertz CT molecular complexity index is 1720. The number of nitrogens with zero attached hydrogens (tertiary/aromatic N) is 6. The molecular weight excluding hydrogens is 536 g/mol. The van der Waals surface area contributed by atoms with E-state index >= 15 is 0 Å². The maximum Gasteiger partial charge on any atom is 0.234 e. The predicted octanol–water partition coefficient (Wildman–Crippen LogP) is 4.65. The van der Waals surface area contributed by atoms with Gasteiger partial charge < -0.3 is 11.1 Å². The highest BCUT2D eigenvalue weighted by Gasteiger charge is 2.38. The molecule has 0 atom stereocenters. The van der Waals surface area contributed by atoms with Gasteiger partial charge in [0.05, 0.1) is 17.8 Å². The highest BCUT2D eigenvalue weighted by Crippen LogP contribution is 2.42. The number of benzene rings is 1. The molecular formula is C34H40N8O. The van der Waals surface area contributed by atoms with Gasteiger partial charge in [-0.25, -0.2) is 15.0 Å². The summed E-state index contributed by atoms with van der Waals surface area (Å²) in [6.07, 6.45) is 14.7. The van der Waals surface area contributed by atoms with Gasteiger partial charge in [0, 0.05) is 67.5 Å². The van der Waals surface area contributed by atoms with Crippen LogP contribution in [0.3, 0.4) is 0 Å². The lowest BCUT2D eigenvalue weighted by atomic mass is 9.78. The molecule has 1 aliphatic heterocycles. The molecule has 1 saturated carbocycles. The predicted molar refractivity (Wildman–Crippen MR) is 172 cm³/mol. The summed E-state index contributed by atoms with van der Waals surface area (Å²) >= 11 is 0. The fraction of sp³-hybridized carbons (Fsp3) is 0.412. The van der Waals surface area contributed by atoms with Crippen molar-refractivity contribution in [3.05, 3.63) is 72.5 Å². The molecule has 1 amide bonds. The fourth-order valence-corrected chi connectivity index (χ4v) is 6.76. The third kappa shape index (κ3) is 5.55. The number of hydrogen-bond donors (Lipinski definition) is 2. The van der Waals surface area contributed by atoms with E-state index in [4.69, 9.17) is 15.7 Å². The van der Waals surface area contributed by atoms with E-state index in [2.05, 4.69) is 73.1 Å². The molecule has 1 saturated heterocycles. The molecule has 0 unspecified atom stereocenters. The third-order valence-corrected chi connectivity index (χ3v) is 9.09. The maximum atomic E-state index is 12.2. The van der Waals surface area contributed by atoms with E-state index in [1.807, 2.05) is 20.0 Å². The van der Waals surface area contributed by atoms with Crippen LogP contribution >= 0.6 is 0 Å². The number of aromatic nitrogens is 4. The average Bonchev–Trinajstić information content (AvgIpc) is 3.37. The van der Waals surface area contributed by atoms with Gasteiger partial charge in [0.15, 0.2) is 0 Å². The molecule has 2 fully saturated rings. The second kappa shape index (κ2) is 11.5. The molecule has 4 heterocycles. The molecule has 9 heteroatoms. The summed E-state index contributed by atoms with van der Waals surface area (Å²) in [7, 11) is 0. The number of fused-ring (bicyclic) bond motifs is 2. The monoisotopic (exact) mass is 576 g/mol. The molecule has 3 aromatic heterocycles. The number of anilines is 1. The van der Waals surface area contributed by atoms with Crippen LogP contribution in [-0.4, -0.2) is 79.9 Å². The number of amides is 1. The summed E-state index contributed by atoms with van der Waals surface area (Å²) in [6, 6.07) is 11.3. The lowest BCUT2D eigenvalue weighted by molar-refractivity contribution is -0.123. The van der Waals surface area contributed by atoms with Crippen LogP contribution < -0.4 is 11.1 Å². The van der Waals surface area contributed by atoms with Crippen molar-refractivity contribution in [2.75, 3.05) is 38.5 Å². The number of hydrogen-bond acceptors (Lipinski definition) is 7. The van der Waals surface area contributed by atoms with Gasteiger partial charge in [-0.15, -0.1) is 0 Å². The molecule has 43 heavy (non-hydrogen) atoms. The van der Waals surface area contributed by atoms with Crippen LogP contribution in [0.4, 0.5) is 5.82 Å². The second-order valence-electron chi connectivity index (χ2n) is 12.4. The Hall–Kier alpha value is -4.08. The molecule has 0 spiro atoms. The summed E-state index contributed by atoms with van der Waals surface area (Å²) in [5.74, 6) is 2.02. The van der Waals surface area contributed by atoms with E-state index in [-0.39, 0.29) is 11.9 Å². The third-order valence-electron chi connectivity index (χ3n) is 9.09. The number of nitrogens with one attached hydrogen (secondary N) is 1. The number of carbonyl (C=O) groups excluding carboxylic acids is 1. The van der Waals surface area contributed by atoms with E-state index in [0.29, 0.717) is 24.3 Å². The Balaban J connectivity index is 1.09. The SMILES string of the molecule is CC(C)NC(=O)CN1CCN([C@H]2C[C@@H](c3nc(-c4ccc5ccc(C6=CCCC=C6)nc5c4)c4c(N)nccn43)C2)CC1. The van der Waals surface area contributed by atoms with Crippen LogP contribution in [0.25, 0.3) is 33.3 Å². The van der Waals surface area contributed by atoms with E-state index < -0.39 is 0 Å². The van der Waals surface area contributed by atoms with Crippen LogP contribution in [0.5, 0.6) is 0 Å². The van der Waals surface area contributed by atoms with E-state index in [1.165, 1.54) is 5.57 Å². The summed E-state index contributed by atoms with van der Waals surface area (Å²) < 4.78 is 2.15. The first kappa shape index (κ1) is 27.7. The first-order chi connectivity index (χ1) is 20.9. The maximum absolute atomic E-state index is 12.2. The molecule has 9 nitrogen and oxygen atoms in total. The van der Waals surface area contributed by atoms with Gasteiger partial charge in [-0.2, -0.15) is 0 Å². The smallest absolute Gasteiger partial charge is 0.234 e. The molecule has 3 N–H and O–H groups in total. The van der Waals surface area contributed by atoms with Crippen molar-refractivity contribution in [3.63, 3.8) is 0 Å². The molecule has 0 bridgehead atoms. The second-order valence-corrected chi connectivity index (χ2v) is 12.4. The lowest BCUT2D eigenvalue weighted by Gasteiger charge is -2.46. The molecule has 3 aliphatic rings. The topological polar surface area (TPSA) is 105 Å². The minimum absolute atomic E-state index is 0.115. The van der Waals surface area contributed by atoms with Crippen molar-refractivity contribution >= 4 is 33.7 Å². The highest BCUT2D eigenvalue weighted by molar-refractivity contribution is 5.91. The van der Waals surface area contributed by atoms with Gasteiger partial charge >= 0.3 is 0 Å². The molecule has 222 valence electrons. The number of allylic oxidation sites excluding steroid dienone is 4. The number of piperazine rings is 1. The van der Waals surface area contributed by atoms with Crippen molar-refractivity contribution in [2.24, 2.45) is 0 Å². The van der Waals surface area contributed by atoms with Crippen molar-refractivity contribution in [1.29, 1.82) is 0 Å². The molecule has 0 radical (unpaired) electrons. The summed E-state index contributed by atoms with van der Waals surface area (Å²) in [5, 5.41) is 4.10. The van der Waals surface area contributed by atoms with Crippen molar-refractivity contribution < 1.29 is 4.79 Å². The van der Waals surface area contributed by atoms with Gasteiger partial charge in [0.1, 0.15) is 22.9 Å². The first-order valence-corrected chi connectivity index (χ1v) is 15.6. The molecule has 1 aromatic carbocycles. The number of pyridine rings is 1. The Kier molecular flexibility index (Phi) is 7.44. The fourth-order valence-electron chi connectivity index (χ4n) is 6.76. The van der Waals surface area contributed by atoms with Crippen LogP contribution in [0.15, 0.2) is 61.0 Å². The standard InChI is InChI=1S/C34H40N8O/c1-22(2)37-30(43)21-40-14-16-41(17-15-40)27-18-26(19-27)34-39-31(32-33(35)36-12-13-42(32)34)25-9-8-24-10-11-28(38-29(24)20-25)23-6-4-3-5-7-23/h4,6-13,20,22,26-27H,3,5,14-19,21H2,1-2H3,(H2,35,36)(H,37,43)/t26-,27+. The van der Waals surface area contributed by atoms with Crippen molar-refractivity contribution in [1.82, 2.24) is 34.5 Å². The van der Waals surface area contributed by atoms with Crippen LogP contribution in [-0.2, 0) is 4.79 Å². The normalized spacial score (nSPS) is 21.3. The Morgan fingerprint density at radius 2 is 1.88 bits per heavy atom. The number of carbonyl (C=O) groups is 1. The zero-order chi connectivity index (χ0) is 29.5. The van der Waals surface area contributed by atoms with Crippen LogP contribution in [0.2, 0.25) is 0 Å². The van der Waals surface area contributed by atoms with E-state index in [0.717, 1.165) is 91.1 Å². The zero-order valence-electron chi connectivity index (χ0n) is 25.0. The summed E-state index contributed by atoms with van der Waals surface area (Å²) in [5.41, 5.74) is 12.3. The Morgan fingerprint density at radius 3 is 2.65 bits per heavy atom. The molecule has 7 rings (SSSR count). The molecule has 4 aromatic rings. The average molecular weight is 577 g/mol. The summed E-state index contributed by atoms with van der Waals surface area (Å²) in [4.78, 5) is 31.7. The zero-order valence-corrected chi connectivity index (χ0v) is 25.0. The van der Waals surface area contributed by atoms with Gasteiger partial charge in [-0.1, -0.05) is 36.4 Å². The minimum atomic E-state index is 0.115. The van der Waals surface area contributed by atoms with Crippen LogP contribution in [0.1, 0.15) is 57.0 Å². The Morgan fingerprint density at radius 1 is 1.07 bits per heavy atom. The van der Waals surface area contributed by atoms with Crippen molar-refractivity contribution in [2.45, 2.75) is 57.5 Å². The molecule has 2 aliphatic carbocycles. The van der Waals surface area contributed by atoms with Crippen LogP contribution in [0, 0.1) is 0 Å². The number of nitrogens with two attached hydrogens (primary N) is 1. The number of nitrogen functional groups attached to an aromatic ring is 1. The van der Waals surface area contributed by atoms with Gasteiger partial charge in [-0.05, 0) is 57.2 Å². The summed E-state index contributed by atoms with van der Waals surface area (Å²) in [6.45, 7) is 8.33. The van der Waals surface area contributed by atoms with Gasteiger partial charge in [0.25, 0.3) is 0 Å². The Labute approximate surface area is 252 Å². The van der Waals surface area contributed by atoms with E-state index in [9.17, 15) is 4.79 Å². The van der Waals surface area contributed by atoms with Gasteiger partial charge in [0.2, 0.25) is 5.91 Å². The minimum Gasteiger partial charge on any atom is -0.382 e. The number of imidazole rings is 1. The first-order valence-electron chi connectivity index (χ1n) is 15.6. The lowest BCUT2D eigenvalue weighted by Crippen LogP contribution is -2.55.